The summed E-state index contributed by atoms with van der Waals surface area (Å²) < 4.78 is 0.707. The Labute approximate surface area is 186 Å². The van der Waals surface area contributed by atoms with E-state index in [-0.39, 0.29) is 23.7 Å². The van der Waals surface area contributed by atoms with Gasteiger partial charge < -0.3 is 0 Å². The number of nitrogens with one attached hydrogen (secondary N) is 1. The Morgan fingerprint density at radius 1 is 1.20 bits per heavy atom. The number of allylic oxidation sites excluding steroid dienone is 2. The largest absolute Gasteiger partial charge is 0.299 e. The molecule has 1 aromatic heterocycles. The van der Waals surface area contributed by atoms with E-state index in [9.17, 15) is 14.4 Å². The minimum atomic E-state index is -0.898. The fourth-order valence-corrected chi connectivity index (χ4v) is 5.42. The number of imide groups is 1. The third kappa shape index (κ3) is 4.28. The molecule has 3 atom stereocenters. The lowest BCUT2D eigenvalue weighted by Gasteiger charge is -2.21. The number of fused-ring (bicyclic) bond motifs is 1. The first-order valence-corrected chi connectivity index (χ1v) is 11.7. The molecule has 2 aromatic rings. The average molecular weight is 463 g/mol. The molecule has 4 rings (SSSR count). The van der Waals surface area contributed by atoms with Gasteiger partial charge in [0.15, 0.2) is 4.34 Å². The molecule has 1 aliphatic carbocycles. The van der Waals surface area contributed by atoms with Crippen LogP contribution in [0.15, 0.2) is 40.8 Å². The van der Waals surface area contributed by atoms with Gasteiger partial charge in [-0.25, -0.2) is 0 Å². The van der Waals surface area contributed by atoms with Gasteiger partial charge in [-0.15, -0.1) is 10.2 Å². The molecular formula is C20H19ClN4O3S2. The summed E-state index contributed by atoms with van der Waals surface area (Å²) in [5, 5.41) is 11.8. The predicted molar refractivity (Wildman–Crippen MR) is 116 cm³/mol. The fourth-order valence-electron chi connectivity index (χ4n) is 3.58. The highest BCUT2D eigenvalue weighted by molar-refractivity contribution is 8.00. The standard InChI is InChI=1S/C20H19ClN4O3S2/c1-11(25-17(27)14-4-2-3-5-15(14)18(25)28)16(26)22-19-23-24-20(30-19)29-10-12-6-8-13(21)9-7-12/h2-3,6-9,11,14-15H,4-5,10H2,1H3,(H,22,23,26)/t11-,14+,15+/m0/s1. The van der Waals surface area contributed by atoms with Gasteiger partial charge in [-0.2, -0.15) is 0 Å². The number of halogens is 1. The molecule has 1 saturated heterocycles. The summed E-state index contributed by atoms with van der Waals surface area (Å²) in [5.74, 6) is -0.995. The molecule has 30 heavy (non-hydrogen) atoms. The van der Waals surface area contributed by atoms with Crippen LogP contribution < -0.4 is 5.32 Å². The Balaban J connectivity index is 1.35. The number of amides is 3. The zero-order chi connectivity index (χ0) is 21.3. The maximum Gasteiger partial charge on any atom is 0.249 e. The minimum Gasteiger partial charge on any atom is -0.299 e. The SMILES string of the molecule is C[C@@H](C(=O)Nc1nnc(SCc2ccc(Cl)cc2)s1)N1C(=O)[C@@H]2CC=CC[C@H]2C1=O. The highest BCUT2D eigenvalue weighted by atomic mass is 35.5. The van der Waals surface area contributed by atoms with Crippen molar-refractivity contribution in [3.05, 3.63) is 47.0 Å². The van der Waals surface area contributed by atoms with Crippen molar-refractivity contribution in [1.29, 1.82) is 0 Å². The highest BCUT2D eigenvalue weighted by Crippen LogP contribution is 2.36. The topological polar surface area (TPSA) is 92.3 Å². The number of aromatic nitrogens is 2. The number of rotatable bonds is 6. The second-order valence-corrected chi connectivity index (χ2v) is 9.79. The molecule has 0 radical (unpaired) electrons. The molecule has 3 amide bonds. The van der Waals surface area contributed by atoms with E-state index in [0.29, 0.717) is 33.1 Å². The van der Waals surface area contributed by atoms with Crippen LogP contribution in [-0.2, 0) is 20.1 Å². The van der Waals surface area contributed by atoms with Crippen LogP contribution in [0.1, 0.15) is 25.3 Å². The summed E-state index contributed by atoms with van der Waals surface area (Å²) in [5.41, 5.74) is 1.10. The van der Waals surface area contributed by atoms with Crippen LogP contribution in [0.3, 0.4) is 0 Å². The summed E-state index contributed by atoms with van der Waals surface area (Å²) in [6.45, 7) is 1.56. The Kier molecular flexibility index (Phi) is 6.21. The maximum absolute atomic E-state index is 12.7. The van der Waals surface area contributed by atoms with Crippen LogP contribution in [-0.4, -0.2) is 38.9 Å². The quantitative estimate of drug-likeness (QED) is 0.304. The lowest BCUT2D eigenvalue weighted by molar-refractivity contribution is -0.146. The number of hydrogen-bond donors (Lipinski definition) is 1. The van der Waals surface area contributed by atoms with E-state index >= 15 is 0 Å². The molecule has 10 heteroatoms. The van der Waals surface area contributed by atoms with Crippen LogP contribution in [0.5, 0.6) is 0 Å². The van der Waals surface area contributed by atoms with Gasteiger partial charge in [0.2, 0.25) is 22.9 Å². The van der Waals surface area contributed by atoms with Crippen LogP contribution in [0.2, 0.25) is 5.02 Å². The fraction of sp³-hybridized carbons (Fsp3) is 0.350. The summed E-state index contributed by atoms with van der Waals surface area (Å²) >= 11 is 8.64. The number of benzene rings is 1. The van der Waals surface area contributed by atoms with E-state index in [1.165, 1.54) is 23.1 Å². The van der Waals surface area contributed by atoms with Gasteiger partial charge in [0.25, 0.3) is 0 Å². The first kappa shape index (κ1) is 21.0. The Morgan fingerprint density at radius 2 is 1.83 bits per heavy atom. The first-order chi connectivity index (χ1) is 14.4. The number of anilines is 1. The minimum absolute atomic E-state index is 0.270. The van der Waals surface area contributed by atoms with Crippen molar-refractivity contribution in [1.82, 2.24) is 15.1 Å². The molecule has 0 unspecified atom stereocenters. The van der Waals surface area contributed by atoms with E-state index in [0.717, 1.165) is 10.5 Å². The molecule has 1 aromatic carbocycles. The van der Waals surface area contributed by atoms with Gasteiger partial charge in [-0.05, 0) is 37.5 Å². The highest BCUT2D eigenvalue weighted by Gasteiger charge is 2.50. The number of likely N-dealkylation sites (tertiary alicyclic amines) is 1. The Bertz CT molecular complexity index is 982. The smallest absolute Gasteiger partial charge is 0.249 e. The lowest BCUT2D eigenvalue weighted by atomic mass is 9.85. The van der Waals surface area contributed by atoms with Crippen molar-refractivity contribution >= 4 is 57.6 Å². The van der Waals surface area contributed by atoms with Gasteiger partial charge >= 0.3 is 0 Å². The molecule has 156 valence electrons. The molecule has 2 aliphatic rings. The Hall–Kier alpha value is -2.23. The van der Waals surface area contributed by atoms with E-state index < -0.39 is 11.9 Å². The molecular weight excluding hydrogens is 444 g/mol. The van der Waals surface area contributed by atoms with Crippen LogP contribution in [0, 0.1) is 11.8 Å². The molecule has 1 aliphatic heterocycles. The Morgan fingerprint density at radius 3 is 2.47 bits per heavy atom. The van der Waals surface area contributed by atoms with Crippen LogP contribution in [0.25, 0.3) is 0 Å². The number of hydrogen-bond acceptors (Lipinski definition) is 7. The molecule has 0 saturated carbocycles. The number of carbonyl (C=O) groups is 3. The second kappa shape index (κ2) is 8.87. The van der Waals surface area contributed by atoms with Gasteiger partial charge in [0.05, 0.1) is 11.8 Å². The molecule has 0 bridgehead atoms. The van der Waals surface area contributed by atoms with Crippen molar-refractivity contribution < 1.29 is 14.4 Å². The number of carbonyl (C=O) groups excluding carboxylic acids is 3. The predicted octanol–water partition coefficient (Wildman–Crippen LogP) is 3.76. The van der Waals surface area contributed by atoms with E-state index in [1.807, 2.05) is 36.4 Å². The first-order valence-electron chi connectivity index (χ1n) is 9.47. The molecule has 0 spiro atoms. The van der Waals surface area contributed by atoms with E-state index in [1.54, 1.807) is 6.92 Å². The average Bonchev–Trinajstić information content (AvgIpc) is 3.30. The molecule has 2 heterocycles. The summed E-state index contributed by atoms with van der Waals surface area (Å²) in [4.78, 5) is 39.1. The van der Waals surface area contributed by atoms with Crippen molar-refractivity contribution in [2.45, 2.75) is 35.9 Å². The third-order valence-electron chi connectivity index (χ3n) is 5.22. The number of thioether (sulfide) groups is 1. The van der Waals surface area contributed by atoms with E-state index in [2.05, 4.69) is 15.5 Å². The number of nitrogens with zero attached hydrogens (tertiary/aromatic N) is 3. The van der Waals surface area contributed by atoms with Crippen molar-refractivity contribution in [2.75, 3.05) is 5.32 Å². The van der Waals surface area contributed by atoms with Gasteiger partial charge in [0.1, 0.15) is 6.04 Å². The van der Waals surface area contributed by atoms with Gasteiger partial charge in [0, 0.05) is 10.8 Å². The van der Waals surface area contributed by atoms with Crippen LogP contribution >= 0.6 is 34.7 Å². The normalized spacial score (nSPS) is 21.6. The zero-order valence-electron chi connectivity index (χ0n) is 16.1. The van der Waals surface area contributed by atoms with Crippen molar-refractivity contribution in [3.63, 3.8) is 0 Å². The van der Waals surface area contributed by atoms with E-state index in [4.69, 9.17) is 11.6 Å². The van der Waals surface area contributed by atoms with Gasteiger partial charge in [-0.3, -0.25) is 24.6 Å². The maximum atomic E-state index is 12.7. The second-order valence-electron chi connectivity index (χ2n) is 7.16. The molecule has 1 fully saturated rings. The van der Waals surface area contributed by atoms with Crippen molar-refractivity contribution in [3.8, 4) is 0 Å². The van der Waals surface area contributed by atoms with Crippen molar-refractivity contribution in [2.24, 2.45) is 11.8 Å². The van der Waals surface area contributed by atoms with Crippen LogP contribution in [0.4, 0.5) is 5.13 Å². The summed E-state index contributed by atoms with van der Waals surface area (Å²) in [6.07, 6.45) is 4.94. The lowest BCUT2D eigenvalue weighted by Crippen LogP contribution is -2.46. The summed E-state index contributed by atoms with van der Waals surface area (Å²) in [6, 6.07) is 6.65. The monoisotopic (exact) mass is 462 g/mol. The molecule has 7 nitrogen and oxygen atoms in total. The molecule has 1 N–H and O–H groups in total. The summed E-state index contributed by atoms with van der Waals surface area (Å²) in [7, 11) is 0. The zero-order valence-corrected chi connectivity index (χ0v) is 18.5. The van der Waals surface area contributed by atoms with Gasteiger partial charge in [-0.1, -0.05) is 59.0 Å². The third-order valence-corrected chi connectivity index (χ3v) is 7.52.